The molecule has 2 aliphatic heterocycles. The lowest BCUT2D eigenvalue weighted by Gasteiger charge is -2.28. The molecule has 0 spiro atoms. The Balaban J connectivity index is 0.930. The zero-order valence-electron chi connectivity index (χ0n) is 34.5. The minimum atomic E-state index is -1.85. The van der Waals surface area contributed by atoms with Gasteiger partial charge in [0.2, 0.25) is 11.8 Å². The summed E-state index contributed by atoms with van der Waals surface area (Å²) in [7, 11) is 0.637. The number of hydrogen-bond donors (Lipinski definition) is 4. The molecule has 4 atom stereocenters. The highest BCUT2D eigenvalue weighted by molar-refractivity contribution is 6.78. The van der Waals surface area contributed by atoms with Crippen molar-refractivity contribution < 1.29 is 28.7 Å². The number of aromatic amines is 2. The third-order valence-electron chi connectivity index (χ3n) is 11.1. The lowest BCUT2D eigenvalue weighted by atomic mass is 10.0. The van der Waals surface area contributed by atoms with Gasteiger partial charge in [-0.2, -0.15) is 9.59 Å². The van der Waals surface area contributed by atoms with E-state index in [1.165, 1.54) is 36.5 Å². The maximum atomic E-state index is 14.0. The van der Waals surface area contributed by atoms with Gasteiger partial charge < -0.3 is 39.9 Å². The quantitative estimate of drug-likeness (QED) is 0.122. The van der Waals surface area contributed by atoms with E-state index in [4.69, 9.17) is 14.5 Å². The predicted molar refractivity (Wildman–Crippen MR) is 222 cm³/mol. The molecule has 23 heteroatoms. The van der Waals surface area contributed by atoms with Crippen LogP contribution in [0.25, 0.3) is 33.6 Å². The van der Waals surface area contributed by atoms with Gasteiger partial charge in [-0.05, 0) is 51.6 Å². The van der Waals surface area contributed by atoms with Gasteiger partial charge in [-0.15, -0.1) is 20.4 Å². The van der Waals surface area contributed by atoms with Crippen LogP contribution in [0, 0.1) is 0 Å². The highest BCUT2D eigenvalue weighted by Gasteiger charge is 2.45. The largest absolute Gasteiger partial charge is 0.453 e. The summed E-state index contributed by atoms with van der Waals surface area (Å²) in [6.45, 7) is 4.96. The fourth-order valence-corrected chi connectivity index (χ4v) is 11.0. The number of likely N-dealkylation sites (tertiary alicyclic amines) is 1. The maximum Gasteiger partial charge on any atom is 0.407 e. The summed E-state index contributed by atoms with van der Waals surface area (Å²) in [4.78, 5) is 74.5. The molecule has 62 heavy (non-hydrogen) atoms. The van der Waals surface area contributed by atoms with Gasteiger partial charge in [-0.3, -0.25) is 9.59 Å². The number of H-pyrrole nitrogens is 2. The van der Waals surface area contributed by atoms with E-state index in [1.54, 1.807) is 22.2 Å². The minimum absolute atomic E-state index is 0.00343. The van der Waals surface area contributed by atoms with Gasteiger partial charge in [0.15, 0.2) is 12.7 Å². The summed E-state index contributed by atoms with van der Waals surface area (Å²) >= 11 is 0. The molecule has 2 aromatic carbocycles. The number of ether oxygens (including phenoxy) is 2. The summed E-state index contributed by atoms with van der Waals surface area (Å²) in [5.74, 6) is 0.759. The van der Waals surface area contributed by atoms with Gasteiger partial charge >= 0.3 is 12.2 Å². The molecule has 2 aliphatic rings. The third-order valence-corrected chi connectivity index (χ3v) is 13.8. The normalized spacial score (nSPS) is 18.0. The third kappa shape index (κ3) is 9.06. The second-order valence-electron chi connectivity index (χ2n) is 15.9. The predicted octanol–water partition coefficient (Wildman–Crippen LogP) is 2.75. The van der Waals surface area contributed by atoms with Crippen LogP contribution in [0.2, 0.25) is 19.1 Å². The molecule has 2 saturated heterocycles. The number of hydrogen-bond acceptors (Lipinski definition) is 14. The van der Waals surface area contributed by atoms with Crippen LogP contribution in [-0.4, -0.2) is 141 Å². The Labute approximate surface area is 355 Å². The Kier molecular flexibility index (Phi) is 11.9. The Bertz CT molecular complexity index is 2490. The summed E-state index contributed by atoms with van der Waals surface area (Å²) in [6, 6.07) is 14.5. The first-order chi connectivity index (χ1) is 30.0. The van der Waals surface area contributed by atoms with E-state index < -0.39 is 32.3 Å². The van der Waals surface area contributed by atoms with Crippen LogP contribution in [0.1, 0.15) is 36.6 Å². The van der Waals surface area contributed by atoms with Crippen molar-refractivity contribution in [1.82, 2.24) is 80.8 Å². The average molecular weight is 863 g/mol. The van der Waals surface area contributed by atoms with Crippen molar-refractivity contribution in [2.75, 3.05) is 26.9 Å². The molecule has 0 radical (unpaired) electrons. The van der Waals surface area contributed by atoms with Crippen LogP contribution in [0.15, 0.2) is 73.6 Å². The van der Waals surface area contributed by atoms with Crippen LogP contribution < -0.4 is 10.6 Å². The summed E-state index contributed by atoms with van der Waals surface area (Å²) in [6.07, 6.45) is 6.69. The highest BCUT2D eigenvalue weighted by atomic mass is 28.3. The maximum absolute atomic E-state index is 14.0. The van der Waals surface area contributed by atoms with Crippen molar-refractivity contribution in [2.24, 2.45) is 0 Å². The molecule has 4 aromatic heterocycles. The lowest BCUT2D eigenvalue weighted by molar-refractivity contribution is -0.135. The number of methoxy groups -OCH3 is 2. The number of carbonyl (C=O) groups excluding carboxylic acids is 4. The van der Waals surface area contributed by atoms with Crippen LogP contribution in [0.5, 0.6) is 0 Å². The number of carbonyl (C=O) groups is 4. The number of aromatic nitrogens is 12. The molecule has 0 bridgehead atoms. The lowest BCUT2D eigenvalue weighted by Crippen LogP contribution is -2.51. The van der Waals surface area contributed by atoms with Crippen molar-refractivity contribution in [1.29, 1.82) is 0 Å². The zero-order valence-corrected chi connectivity index (χ0v) is 35.5. The zero-order chi connectivity index (χ0) is 43.4. The number of tetrazole rings is 2. The van der Waals surface area contributed by atoms with Crippen LogP contribution in [0.4, 0.5) is 9.59 Å². The van der Waals surface area contributed by atoms with Gasteiger partial charge in [0.1, 0.15) is 23.7 Å². The smallest absolute Gasteiger partial charge is 0.407 e. The minimum Gasteiger partial charge on any atom is -0.453 e. The molecule has 322 valence electrons. The number of nitrogens with one attached hydrogen (secondary N) is 4. The standard InChI is InChI=1S/C39H46N16O6Si/c1-60-38(58)48-30(18-54-44-21-42-50-54)36(56)52-15-5-6-32(52)34-40-16-28(46-34)26-11-7-24(8-12-26)25-9-13-27(14-10-25)29-17-41-35(47-29)33-20-62(3,4)23-53(33)37(57)31(49-39(59)61-2)19-55-45-22-43-51-55/h7-14,16-17,21-22,30-33H,5-6,15,18-20,23H2,1-4H3,(H,40,46)(H,41,47)(H,48,58)(H,49,59)/t30-,31-,32-,33-/m0/s1. The van der Waals surface area contributed by atoms with Gasteiger partial charge in [-0.1, -0.05) is 61.6 Å². The van der Waals surface area contributed by atoms with Gasteiger partial charge in [-0.25, -0.2) is 19.6 Å². The summed E-state index contributed by atoms with van der Waals surface area (Å²) < 4.78 is 9.57. The molecule has 2 fully saturated rings. The van der Waals surface area contributed by atoms with E-state index in [0.29, 0.717) is 30.8 Å². The molecule has 6 heterocycles. The fraction of sp³-hybridized carbons (Fsp3) is 0.385. The summed E-state index contributed by atoms with van der Waals surface area (Å²) in [5.41, 5.74) is 5.53. The Morgan fingerprint density at radius 1 is 0.710 bits per heavy atom. The molecule has 0 saturated carbocycles. The van der Waals surface area contributed by atoms with E-state index >= 15 is 0 Å². The number of rotatable bonds is 13. The van der Waals surface area contributed by atoms with Crippen molar-refractivity contribution >= 4 is 32.1 Å². The van der Waals surface area contributed by atoms with Crippen molar-refractivity contribution in [2.45, 2.75) is 69.2 Å². The second-order valence-corrected chi connectivity index (χ2v) is 21.0. The van der Waals surface area contributed by atoms with Gasteiger partial charge in [0, 0.05) is 12.7 Å². The number of benzene rings is 2. The molecule has 6 aromatic rings. The first-order valence-corrected chi connectivity index (χ1v) is 23.4. The Morgan fingerprint density at radius 2 is 1.18 bits per heavy atom. The van der Waals surface area contributed by atoms with Crippen molar-refractivity contribution in [3.8, 4) is 33.6 Å². The van der Waals surface area contributed by atoms with E-state index in [0.717, 1.165) is 46.1 Å². The molecular weight excluding hydrogens is 817 g/mol. The second kappa shape index (κ2) is 17.7. The van der Waals surface area contributed by atoms with Gasteiger partial charge in [0.05, 0.1) is 71.2 Å². The number of alkyl carbamates (subject to hydrolysis) is 2. The molecule has 22 nitrogen and oxygen atoms in total. The fourth-order valence-electron chi connectivity index (χ4n) is 8.09. The van der Waals surface area contributed by atoms with Crippen LogP contribution in [-0.2, 0) is 32.2 Å². The van der Waals surface area contributed by atoms with Crippen LogP contribution in [0.3, 0.4) is 0 Å². The molecule has 0 unspecified atom stereocenters. The van der Waals surface area contributed by atoms with E-state index in [1.807, 2.05) is 36.4 Å². The monoisotopic (exact) mass is 862 g/mol. The van der Waals surface area contributed by atoms with Crippen molar-refractivity contribution in [3.63, 3.8) is 0 Å². The van der Waals surface area contributed by atoms with E-state index in [2.05, 4.69) is 81.6 Å². The number of nitrogens with zero attached hydrogens (tertiary/aromatic N) is 12. The van der Waals surface area contributed by atoms with Crippen molar-refractivity contribution in [3.05, 3.63) is 85.2 Å². The molecule has 8 rings (SSSR count). The number of imidazole rings is 2. The topological polar surface area (TPSA) is 262 Å². The SMILES string of the molecule is COC(=O)N[C@@H](Cn1ncnn1)C(=O)N1CCC[C@H]1c1ncc(-c2ccc(-c3ccc(-c4cnc([C@@H]5C[Si](C)(C)CN5C(=O)[C@H](Cn5ncnn5)NC(=O)OC)[nH]4)cc3)cc2)[nH]1. The van der Waals surface area contributed by atoms with E-state index in [-0.39, 0.29) is 37.0 Å². The molecule has 4 N–H and O–H groups in total. The average Bonchev–Trinajstić information content (AvgIpc) is 4.14. The number of amides is 4. The molecule has 0 aliphatic carbocycles. The Hall–Kier alpha value is -7.30. The van der Waals surface area contributed by atoms with Gasteiger partial charge in [0.25, 0.3) is 0 Å². The van der Waals surface area contributed by atoms with Crippen LogP contribution >= 0.6 is 0 Å². The summed E-state index contributed by atoms with van der Waals surface area (Å²) in [5, 5.41) is 28.4. The Morgan fingerprint density at radius 3 is 1.65 bits per heavy atom. The van der Waals surface area contributed by atoms with E-state index in [9.17, 15) is 19.2 Å². The highest BCUT2D eigenvalue weighted by Crippen LogP contribution is 2.38. The molecular formula is C39H46N16O6Si. The first-order valence-electron chi connectivity index (χ1n) is 20.0. The molecule has 4 amide bonds. The first kappa shape index (κ1) is 41.4.